The fourth-order valence-electron chi connectivity index (χ4n) is 2.56. The van der Waals surface area contributed by atoms with Crippen LogP contribution in [-0.2, 0) is 11.2 Å². The summed E-state index contributed by atoms with van der Waals surface area (Å²) in [5.74, 6) is -0.0350. The number of aromatic nitrogens is 2. The van der Waals surface area contributed by atoms with E-state index in [0.29, 0.717) is 45.7 Å². The minimum Gasteiger partial charge on any atom is -0.497 e. The van der Waals surface area contributed by atoms with Gasteiger partial charge in [-0.1, -0.05) is 17.4 Å². The summed E-state index contributed by atoms with van der Waals surface area (Å²) in [6, 6.07) is 13.0. The molecular weight excluding hydrogens is 420 g/mol. The lowest BCUT2D eigenvalue weighted by Gasteiger charge is -2.05. The second kappa shape index (κ2) is 10.3. The molecule has 0 spiro atoms. The molecule has 1 aromatic heterocycles. The number of hydrogen-bond acceptors (Lipinski definition) is 8. The second-order valence-corrected chi connectivity index (χ2v) is 7.37. The van der Waals surface area contributed by atoms with Crippen LogP contribution in [0.2, 0.25) is 0 Å². The summed E-state index contributed by atoms with van der Waals surface area (Å²) in [5.41, 5.74) is 0.891. The third-order valence-corrected chi connectivity index (χ3v) is 4.92. The molecular formula is C21H20N4O5S. The first-order valence-corrected chi connectivity index (χ1v) is 10.1. The Hall–Kier alpha value is -3.79. The lowest BCUT2D eigenvalue weighted by Crippen LogP contribution is -2.25. The van der Waals surface area contributed by atoms with Crippen molar-refractivity contribution >= 4 is 34.3 Å². The SMILES string of the molecule is COc1cccc(C(=O)NCCc2nnc(NC(=O)c3ccc(OC(C)=O)cc3)s2)c1. The summed E-state index contributed by atoms with van der Waals surface area (Å²) in [6.45, 7) is 1.67. The van der Waals surface area contributed by atoms with Gasteiger partial charge in [0.05, 0.1) is 7.11 Å². The number of methoxy groups -OCH3 is 1. The van der Waals surface area contributed by atoms with Gasteiger partial charge >= 0.3 is 5.97 Å². The predicted octanol–water partition coefficient (Wildman–Crippen LogP) is 2.70. The van der Waals surface area contributed by atoms with Crippen LogP contribution in [0, 0.1) is 0 Å². The van der Waals surface area contributed by atoms with E-state index in [1.54, 1.807) is 43.5 Å². The van der Waals surface area contributed by atoms with Crippen molar-refractivity contribution in [2.75, 3.05) is 19.0 Å². The Bertz CT molecular complexity index is 1080. The molecule has 0 unspecified atom stereocenters. The van der Waals surface area contributed by atoms with Gasteiger partial charge in [-0.3, -0.25) is 19.7 Å². The van der Waals surface area contributed by atoms with Gasteiger partial charge in [0.2, 0.25) is 5.13 Å². The van der Waals surface area contributed by atoms with Gasteiger partial charge in [0.25, 0.3) is 11.8 Å². The normalized spacial score (nSPS) is 10.3. The maximum Gasteiger partial charge on any atom is 0.308 e. The van der Waals surface area contributed by atoms with Gasteiger partial charge in [-0.05, 0) is 42.5 Å². The molecule has 0 aliphatic rings. The third-order valence-electron chi connectivity index (χ3n) is 4.02. The van der Waals surface area contributed by atoms with Gasteiger partial charge in [-0.15, -0.1) is 10.2 Å². The van der Waals surface area contributed by atoms with Crippen molar-refractivity contribution in [2.24, 2.45) is 0 Å². The number of benzene rings is 2. The molecule has 2 aromatic carbocycles. The molecule has 10 heteroatoms. The topological polar surface area (TPSA) is 120 Å². The van der Waals surface area contributed by atoms with Crippen molar-refractivity contribution in [1.82, 2.24) is 15.5 Å². The van der Waals surface area contributed by atoms with Gasteiger partial charge in [0.15, 0.2) is 0 Å². The van der Waals surface area contributed by atoms with Crippen LogP contribution < -0.4 is 20.1 Å². The molecule has 0 aliphatic heterocycles. The number of carbonyl (C=O) groups is 3. The first-order chi connectivity index (χ1) is 14.9. The standard InChI is InChI=1S/C21H20N4O5S/c1-13(26)30-16-8-6-14(7-9-16)20(28)23-21-25-24-18(31-21)10-11-22-19(27)15-4-3-5-17(12-15)29-2/h3-9,12H,10-11H2,1-2H3,(H,22,27)(H,23,25,28). The molecule has 2 N–H and O–H groups in total. The number of nitrogens with one attached hydrogen (secondary N) is 2. The van der Waals surface area contributed by atoms with Crippen LogP contribution in [-0.4, -0.2) is 41.6 Å². The predicted molar refractivity (Wildman–Crippen MR) is 115 cm³/mol. The summed E-state index contributed by atoms with van der Waals surface area (Å²) < 4.78 is 10.1. The van der Waals surface area contributed by atoms with Gasteiger partial charge in [-0.25, -0.2) is 0 Å². The summed E-state index contributed by atoms with van der Waals surface area (Å²) in [6.07, 6.45) is 0.473. The van der Waals surface area contributed by atoms with Crippen LogP contribution in [0.4, 0.5) is 5.13 Å². The van der Waals surface area contributed by atoms with E-state index in [4.69, 9.17) is 9.47 Å². The fourth-order valence-corrected chi connectivity index (χ4v) is 3.30. The van der Waals surface area contributed by atoms with Gasteiger partial charge < -0.3 is 14.8 Å². The molecule has 160 valence electrons. The number of rotatable bonds is 8. The van der Waals surface area contributed by atoms with Crippen molar-refractivity contribution in [3.8, 4) is 11.5 Å². The van der Waals surface area contributed by atoms with E-state index in [1.807, 2.05) is 0 Å². The van der Waals surface area contributed by atoms with Crippen LogP contribution in [0.3, 0.4) is 0 Å². The number of carbonyl (C=O) groups excluding carboxylic acids is 3. The molecule has 0 fully saturated rings. The monoisotopic (exact) mass is 440 g/mol. The first-order valence-electron chi connectivity index (χ1n) is 9.29. The third kappa shape index (κ3) is 6.34. The molecule has 0 saturated heterocycles. The maximum absolute atomic E-state index is 12.3. The number of hydrogen-bond donors (Lipinski definition) is 2. The van der Waals surface area contributed by atoms with Gasteiger partial charge in [-0.2, -0.15) is 0 Å². The van der Waals surface area contributed by atoms with E-state index < -0.39 is 5.97 Å². The summed E-state index contributed by atoms with van der Waals surface area (Å²) >= 11 is 1.23. The summed E-state index contributed by atoms with van der Waals surface area (Å²) in [5, 5.41) is 14.5. The lowest BCUT2D eigenvalue weighted by molar-refractivity contribution is -0.131. The van der Waals surface area contributed by atoms with Crippen molar-refractivity contribution < 1.29 is 23.9 Å². The van der Waals surface area contributed by atoms with Crippen LogP contribution in [0.25, 0.3) is 0 Å². The molecule has 3 aromatic rings. The average molecular weight is 440 g/mol. The number of anilines is 1. The highest BCUT2D eigenvalue weighted by atomic mass is 32.1. The molecule has 0 atom stereocenters. The van der Waals surface area contributed by atoms with Crippen LogP contribution in [0.1, 0.15) is 32.6 Å². The zero-order chi connectivity index (χ0) is 22.2. The second-order valence-electron chi connectivity index (χ2n) is 6.31. The smallest absolute Gasteiger partial charge is 0.308 e. The minimum atomic E-state index is -0.432. The number of nitrogens with zero attached hydrogens (tertiary/aromatic N) is 2. The number of amides is 2. The van der Waals surface area contributed by atoms with Gasteiger partial charge in [0.1, 0.15) is 16.5 Å². The highest BCUT2D eigenvalue weighted by molar-refractivity contribution is 7.15. The Balaban J connectivity index is 1.49. The fraction of sp³-hybridized carbons (Fsp3) is 0.190. The number of esters is 1. The van der Waals surface area contributed by atoms with E-state index >= 15 is 0 Å². The van der Waals surface area contributed by atoms with E-state index in [2.05, 4.69) is 20.8 Å². The molecule has 0 aliphatic carbocycles. The van der Waals surface area contributed by atoms with Gasteiger partial charge in [0, 0.05) is 31.0 Å². The summed E-state index contributed by atoms with van der Waals surface area (Å²) in [7, 11) is 1.54. The van der Waals surface area contributed by atoms with Crippen molar-refractivity contribution in [3.05, 3.63) is 64.7 Å². The largest absolute Gasteiger partial charge is 0.497 e. The van der Waals surface area contributed by atoms with E-state index in [1.165, 1.54) is 30.4 Å². The van der Waals surface area contributed by atoms with Crippen LogP contribution in [0.15, 0.2) is 48.5 Å². The zero-order valence-electron chi connectivity index (χ0n) is 16.9. The molecule has 2 amide bonds. The van der Waals surface area contributed by atoms with Crippen molar-refractivity contribution in [3.63, 3.8) is 0 Å². The van der Waals surface area contributed by atoms with Crippen LogP contribution in [0.5, 0.6) is 11.5 Å². The first kappa shape index (κ1) is 21.9. The number of ether oxygens (including phenoxy) is 2. The zero-order valence-corrected chi connectivity index (χ0v) is 17.7. The van der Waals surface area contributed by atoms with E-state index in [-0.39, 0.29) is 11.8 Å². The minimum absolute atomic E-state index is 0.214. The summed E-state index contributed by atoms with van der Waals surface area (Å²) in [4.78, 5) is 35.5. The van der Waals surface area contributed by atoms with Crippen molar-refractivity contribution in [2.45, 2.75) is 13.3 Å². The molecule has 0 bridgehead atoms. The van der Waals surface area contributed by atoms with Crippen LogP contribution >= 0.6 is 11.3 Å². The Labute approximate surface area is 182 Å². The Morgan fingerprint density at radius 2 is 1.74 bits per heavy atom. The van der Waals surface area contributed by atoms with Crippen molar-refractivity contribution in [1.29, 1.82) is 0 Å². The highest BCUT2D eigenvalue weighted by Crippen LogP contribution is 2.18. The van der Waals surface area contributed by atoms with E-state index in [0.717, 1.165) is 0 Å². The molecule has 31 heavy (non-hydrogen) atoms. The molecule has 1 heterocycles. The Morgan fingerprint density at radius 3 is 2.45 bits per heavy atom. The molecule has 0 saturated carbocycles. The average Bonchev–Trinajstić information content (AvgIpc) is 3.20. The molecule has 0 radical (unpaired) electrons. The maximum atomic E-state index is 12.3. The lowest BCUT2D eigenvalue weighted by atomic mass is 10.2. The molecule has 3 rings (SSSR count). The Kier molecular flexibility index (Phi) is 7.28. The quantitative estimate of drug-likeness (QED) is 0.408. The van der Waals surface area contributed by atoms with E-state index in [9.17, 15) is 14.4 Å². The molecule has 9 nitrogen and oxygen atoms in total. The Morgan fingerprint density at radius 1 is 0.968 bits per heavy atom. The highest BCUT2D eigenvalue weighted by Gasteiger charge is 2.12.